The Morgan fingerprint density at radius 3 is 2.58 bits per heavy atom. The molecule has 1 aromatic heterocycles. The summed E-state index contributed by atoms with van der Waals surface area (Å²) in [7, 11) is 3.25. The van der Waals surface area contributed by atoms with Crippen molar-refractivity contribution in [3.8, 4) is 0 Å². The Balaban J connectivity index is 0.000000354. The first-order valence-corrected chi connectivity index (χ1v) is 3.97. The van der Waals surface area contributed by atoms with Gasteiger partial charge in [0, 0.05) is 38.7 Å². The molecule has 5 nitrogen and oxygen atoms in total. The van der Waals surface area contributed by atoms with Gasteiger partial charge in [-0.15, -0.1) is 0 Å². The van der Waals surface area contributed by atoms with E-state index in [0.29, 0.717) is 17.9 Å². The van der Waals surface area contributed by atoms with Crippen LogP contribution >= 0.6 is 12.0 Å². The van der Waals surface area contributed by atoms with Gasteiger partial charge in [0.15, 0.2) is 5.44 Å². The molecule has 6 heteroatoms. The molecule has 0 aromatic carbocycles. The number of aliphatic hydroxyl groups is 1. The largest absolute Gasteiger partial charge is 0.388 e. The third kappa shape index (κ3) is 4.35. The molecule has 1 rings (SSSR count). The summed E-state index contributed by atoms with van der Waals surface area (Å²) in [5.41, 5.74) is -0.958. The number of hydrogen-bond acceptors (Lipinski definition) is 5. The maximum Gasteiger partial charge on any atom is 0.183 e. The van der Waals surface area contributed by atoms with Gasteiger partial charge in [-0.05, 0) is 0 Å². The molecule has 0 aliphatic carbocycles. The summed E-state index contributed by atoms with van der Waals surface area (Å²) in [4.78, 5) is 6.35. The molecule has 70 valence electrons. The molecule has 0 bridgehead atoms. The summed E-state index contributed by atoms with van der Waals surface area (Å²) in [6, 6.07) is 0. The zero-order valence-corrected chi connectivity index (χ0v) is 7.71. The first kappa shape index (κ1) is 11.4. The smallest absolute Gasteiger partial charge is 0.183 e. The molecule has 12 heavy (non-hydrogen) atoms. The zero-order valence-electron chi connectivity index (χ0n) is 6.89. The maximum absolute atomic E-state index is 8.84. The van der Waals surface area contributed by atoms with Crippen molar-refractivity contribution < 1.29 is 14.4 Å². The van der Waals surface area contributed by atoms with Gasteiger partial charge in [-0.1, -0.05) is 0 Å². The third-order valence-corrected chi connectivity index (χ3v) is 1.28. The van der Waals surface area contributed by atoms with Crippen LogP contribution in [0.5, 0.6) is 0 Å². The second-order valence-electron chi connectivity index (χ2n) is 1.84. The minimum absolute atomic E-state index is 0.344. The highest BCUT2D eigenvalue weighted by Gasteiger charge is 2.07. The van der Waals surface area contributed by atoms with Gasteiger partial charge in [-0.3, -0.25) is 0 Å². The van der Waals surface area contributed by atoms with E-state index in [1.54, 1.807) is 20.4 Å². The van der Waals surface area contributed by atoms with Crippen LogP contribution in [0.2, 0.25) is 0 Å². The number of aliphatic hydroxyl groups excluding tert-OH is 1. The summed E-state index contributed by atoms with van der Waals surface area (Å²) >= 11 is 0.344. The lowest BCUT2D eigenvalue weighted by Crippen LogP contribution is -1.92. The van der Waals surface area contributed by atoms with E-state index in [2.05, 4.69) is 14.7 Å². The molecule has 0 radical (unpaired) electrons. The van der Waals surface area contributed by atoms with Crippen LogP contribution in [-0.4, -0.2) is 33.8 Å². The predicted octanol–water partition coefficient (Wildman–Crippen LogP) is 0.869. The first-order chi connectivity index (χ1) is 5.76. The standard InChI is InChI=1S/C4H6N2O2S.C2H6O/c7-4(9-8)3-5-1-2-6-3;1-3-2/h1-2,4,7-8H,(H,5,6);1-2H3. The van der Waals surface area contributed by atoms with E-state index in [1.807, 2.05) is 0 Å². The van der Waals surface area contributed by atoms with Gasteiger partial charge in [0.05, 0.1) is 0 Å². The number of imidazole rings is 1. The lowest BCUT2D eigenvalue weighted by atomic mass is 10.7. The lowest BCUT2D eigenvalue weighted by Gasteiger charge is -1.98. The number of H-pyrrole nitrogens is 1. The van der Waals surface area contributed by atoms with Gasteiger partial charge in [-0.2, -0.15) is 0 Å². The number of hydrogen-bond donors (Lipinski definition) is 3. The van der Waals surface area contributed by atoms with Crippen molar-refractivity contribution in [1.82, 2.24) is 9.97 Å². The molecule has 0 spiro atoms. The van der Waals surface area contributed by atoms with Crippen LogP contribution in [0.4, 0.5) is 0 Å². The fraction of sp³-hybridized carbons (Fsp3) is 0.500. The van der Waals surface area contributed by atoms with Gasteiger partial charge in [0.1, 0.15) is 5.82 Å². The molecule has 3 N–H and O–H groups in total. The lowest BCUT2D eigenvalue weighted by molar-refractivity contribution is 0.253. The van der Waals surface area contributed by atoms with E-state index < -0.39 is 5.44 Å². The molecule has 0 aliphatic rings. The Morgan fingerprint density at radius 1 is 1.67 bits per heavy atom. The van der Waals surface area contributed by atoms with Crippen molar-refractivity contribution in [2.75, 3.05) is 14.2 Å². The van der Waals surface area contributed by atoms with Gasteiger partial charge in [0.2, 0.25) is 0 Å². The molecule has 0 aliphatic heterocycles. The summed E-state index contributed by atoms with van der Waals surface area (Å²) in [5, 5.41) is 8.84. The number of rotatable bonds is 2. The van der Waals surface area contributed by atoms with E-state index in [1.165, 1.54) is 6.20 Å². The summed E-state index contributed by atoms with van der Waals surface area (Å²) in [6.07, 6.45) is 3.09. The van der Waals surface area contributed by atoms with Gasteiger partial charge < -0.3 is 19.4 Å². The topological polar surface area (TPSA) is 78.4 Å². The van der Waals surface area contributed by atoms with E-state index in [0.717, 1.165) is 0 Å². The van der Waals surface area contributed by atoms with Crippen LogP contribution in [0.25, 0.3) is 0 Å². The molecule has 1 heterocycles. The Kier molecular flexibility index (Phi) is 6.78. The fourth-order valence-electron chi connectivity index (χ4n) is 0.462. The molecule has 1 unspecified atom stereocenters. The molecule has 1 atom stereocenters. The highest BCUT2D eigenvalue weighted by molar-refractivity contribution is 7.93. The first-order valence-electron chi connectivity index (χ1n) is 3.14. The summed E-state index contributed by atoms with van der Waals surface area (Å²) in [6.45, 7) is 0. The van der Waals surface area contributed by atoms with Crippen LogP contribution < -0.4 is 0 Å². The monoisotopic (exact) mass is 192 g/mol. The van der Waals surface area contributed by atoms with Crippen molar-refractivity contribution in [3.63, 3.8) is 0 Å². The van der Waals surface area contributed by atoms with Crippen LogP contribution in [0, 0.1) is 0 Å². The summed E-state index contributed by atoms with van der Waals surface area (Å²) in [5.74, 6) is 0.363. The van der Waals surface area contributed by atoms with Crippen LogP contribution in [0.1, 0.15) is 11.3 Å². The maximum atomic E-state index is 8.84. The molecule has 0 amide bonds. The number of aromatic amines is 1. The van der Waals surface area contributed by atoms with E-state index >= 15 is 0 Å². The number of ether oxygens (including phenoxy) is 1. The predicted molar refractivity (Wildman–Crippen MR) is 46.7 cm³/mol. The zero-order chi connectivity index (χ0) is 9.40. The molecular weight excluding hydrogens is 180 g/mol. The number of nitrogens with zero attached hydrogens (tertiary/aromatic N) is 1. The second-order valence-corrected chi connectivity index (χ2v) is 2.50. The van der Waals surface area contributed by atoms with Gasteiger partial charge in [-0.25, -0.2) is 4.98 Å². The number of methoxy groups -OCH3 is 1. The Bertz CT molecular complexity index is 181. The van der Waals surface area contributed by atoms with E-state index in [-0.39, 0.29) is 0 Å². The molecule has 1 aromatic rings. The molecule has 0 saturated heterocycles. The highest BCUT2D eigenvalue weighted by Crippen LogP contribution is 2.17. The quantitative estimate of drug-likeness (QED) is 0.478. The van der Waals surface area contributed by atoms with Crippen LogP contribution in [0.3, 0.4) is 0 Å². The number of aromatic nitrogens is 2. The molecule has 0 saturated carbocycles. The second kappa shape index (κ2) is 7.11. The minimum atomic E-state index is -0.958. The van der Waals surface area contributed by atoms with Crippen molar-refractivity contribution in [1.29, 1.82) is 0 Å². The SMILES string of the molecule is COC.OSC(O)c1ncc[nH]1. The van der Waals surface area contributed by atoms with E-state index in [4.69, 9.17) is 9.66 Å². The summed E-state index contributed by atoms with van der Waals surface area (Å²) < 4.78 is 12.6. The van der Waals surface area contributed by atoms with Gasteiger partial charge in [0.25, 0.3) is 0 Å². The van der Waals surface area contributed by atoms with Crippen LogP contribution in [-0.2, 0) is 4.74 Å². The van der Waals surface area contributed by atoms with Crippen molar-refractivity contribution in [2.45, 2.75) is 5.44 Å². The Hall–Kier alpha value is -0.560. The molecule has 0 fully saturated rings. The normalized spacial score (nSPS) is 11.7. The minimum Gasteiger partial charge on any atom is -0.388 e. The Labute approximate surface area is 75.0 Å². The van der Waals surface area contributed by atoms with E-state index in [9.17, 15) is 0 Å². The van der Waals surface area contributed by atoms with Crippen molar-refractivity contribution in [2.24, 2.45) is 0 Å². The van der Waals surface area contributed by atoms with Crippen LogP contribution in [0.15, 0.2) is 12.4 Å². The third-order valence-electron chi connectivity index (χ3n) is 0.853. The highest BCUT2D eigenvalue weighted by atomic mass is 32.2. The fourth-order valence-corrected chi connectivity index (χ4v) is 0.691. The van der Waals surface area contributed by atoms with Crippen molar-refractivity contribution in [3.05, 3.63) is 18.2 Å². The molecular formula is C6H12N2O3S. The average molecular weight is 192 g/mol. The van der Waals surface area contributed by atoms with Gasteiger partial charge >= 0.3 is 0 Å². The Morgan fingerprint density at radius 2 is 2.25 bits per heavy atom. The van der Waals surface area contributed by atoms with Crippen molar-refractivity contribution >= 4 is 12.0 Å². The average Bonchev–Trinajstić information content (AvgIpc) is 2.56. The number of nitrogens with one attached hydrogen (secondary N) is 1.